The number of hydrogen-bond acceptors (Lipinski definition) is 5. The first-order chi connectivity index (χ1) is 11.1. The smallest absolute Gasteiger partial charge is 0.349 e. The van der Waals surface area contributed by atoms with Gasteiger partial charge in [0.25, 0.3) is 5.91 Å². The normalized spacial score (nSPS) is 10.5. The van der Waals surface area contributed by atoms with Crippen LogP contribution in [-0.4, -0.2) is 18.1 Å². The van der Waals surface area contributed by atoms with Gasteiger partial charge in [0, 0.05) is 17.1 Å². The summed E-state index contributed by atoms with van der Waals surface area (Å²) < 4.78 is 10.1. The third-order valence-electron chi connectivity index (χ3n) is 3.31. The van der Waals surface area contributed by atoms with Gasteiger partial charge in [-0.3, -0.25) is 4.79 Å². The summed E-state index contributed by atoms with van der Waals surface area (Å²) in [6, 6.07) is 12.9. The highest BCUT2D eigenvalue weighted by atomic mass is 16.5. The second kappa shape index (κ2) is 5.84. The van der Waals surface area contributed by atoms with Crippen LogP contribution in [0.4, 0.5) is 5.69 Å². The molecular formula is C17H13NO5. The number of phenols is 1. The number of rotatable bonds is 3. The monoisotopic (exact) mass is 311 g/mol. The number of para-hydroxylation sites is 1. The van der Waals surface area contributed by atoms with E-state index in [0.717, 1.165) is 0 Å². The highest BCUT2D eigenvalue weighted by Crippen LogP contribution is 2.30. The lowest BCUT2D eigenvalue weighted by molar-refractivity contribution is 0.102. The number of carbonyl (C=O) groups excluding carboxylic acids is 1. The van der Waals surface area contributed by atoms with Gasteiger partial charge in [-0.25, -0.2) is 4.79 Å². The minimum Gasteiger partial charge on any atom is -0.504 e. The van der Waals surface area contributed by atoms with E-state index in [-0.39, 0.29) is 22.6 Å². The number of ether oxygens (including phenoxy) is 1. The fourth-order valence-electron chi connectivity index (χ4n) is 2.18. The first kappa shape index (κ1) is 14.6. The van der Waals surface area contributed by atoms with Crippen molar-refractivity contribution in [2.75, 3.05) is 12.4 Å². The predicted molar refractivity (Wildman–Crippen MR) is 85.1 cm³/mol. The molecule has 23 heavy (non-hydrogen) atoms. The van der Waals surface area contributed by atoms with Gasteiger partial charge in [-0.05, 0) is 24.3 Å². The molecule has 1 amide bonds. The van der Waals surface area contributed by atoms with E-state index in [4.69, 9.17) is 9.15 Å². The molecule has 0 saturated carbocycles. The Hall–Kier alpha value is -3.28. The Balaban J connectivity index is 2.03. The molecule has 0 aliphatic carbocycles. The maximum absolute atomic E-state index is 12.2. The molecule has 116 valence electrons. The standard InChI is InChI=1S/C17H13NO5/c1-22-15-8-10-7-12(17(21)23-14(10)9-13(15)19)16(20)18-11-5-3-2-4-6-11/h2-9,19H,1H3,(H,18,20). The molecular weight excluding hydrogens is 298 g/mol. The van der Waals surface area contributed by atoms with E-state index in [0.29, 0.717) is 11.1 Å². The molecule has 0 bridgehead atoms. The van der Waals surface area contributed by atoms with Crippen LogP contribution in [-0.2, 0) is 0 Å². The number of phenolic OH excluding ortho intramolecular Hbond substituents is 1. The third-order valence-corrected chi connectivity index (χ3v) is 3.31. The van der Waals surface area contributed by atoms with Gasteiger partial charge in [0.1, 0.15) is 11.1 Å². The summed E-state index contributed by atoms with van der Waals surface area (Å²) in [5.41, 5.74) is -0.172. The summed E-state index contributed by atoms with van der Waals surface area (Å²) in [7, 11) is 1.41. The summed E-state index contributed by atoms with van der Waals surface area (Å²) in [4.78, 5) is 24.2. The number of amides is 1. The first-order valence-corrected chi connectivity index (χ1v) is 6.80. The molecule has 0 fully saturated rings. The maximum Gasteiger partial charge on any atom is 0.349 e. The molecule has 3 aromatic rings. The van der Waals surface area contributed by atoms with E-state index in [1.54, 1.807) is 24.3 Å². The van der Waals surface area contributed by atoms with Crippen molar-refractivity contribution in [3.05, 3.63) is 64.5 Å². The van der Waals surface area contributed by atoms with E-state index in [2.05, 4.69) is 5.32 Å². The lowest BCUT2D eigenvalue weighted by Crippen LogP contribution is -2.20. The van der Waals surface area contributed by atoms with Crippen molar-refractivity contribution >= 4 is 22.6 Å². The molecule has 3 rings (SSSR count). The number of carbonyl (C=O) groups is 1. The lowest BCUT2D eigenvalue weighted by Gasteiger charge is -2.07. The van der Waals surface area contributed by atoms with Gasteiger partial charge < -0.3 is 19.6 Å². The van der Waals surface area contributed by atoms with Gasteiger partial charge >= 0.3 is 5.63 Å². The number of anilines is 1. The highest BCUT2D eigenvalue weighted by Gasteiger charge is 2.15. The Morgan fingerprint density at radius 3 is 2.61 bits per heavy atom. The van der Waals surface area contributed by atoms with Gasteiger partial charge in [0.15, 0.2) is 11.5 Å². The zero-order valence-corrected chi connectivity index (χ0v) is 12.2. The second-order valence-corrected chi connectivity index (χ2v) is 4.83. The van der Waals surface area contributed by atoms with Crippen LogP contribution < -0.4 is 15.7 Å². The van der Waals surface area contributed by atoms with E-state index >= 15 is 0 Å². The third kappa shape index (κ3) is 2.87. The summed E-state index contributed by atoms with van der Waals surface area (Å²) >= 11 is 0. The zero-order chi connectivity index (χ0) is 16.4. The van der Waals surface area contributed by atoms with Gasteiger partial charge in [0.05, 0.1) is 7.11 Å². The minimum absolute atomic E-state index is 0.130. The number of nitrogens with one attached hydrogen (secondary N) is 1. The number of benzene rings is 2. The molecule has 0 unspecified atom stereocenters. The summed E-state index contributed by atoms with van der Waals surface area (Å²) in [6.07, 6.45) is 0. The molecule has 0 atom stereocenters. The Morgan fingerprint density at radius 1 is 1.17 bits per heavy atom. The van der Waals surface area contributed by atoms with Crippen LogP contribution in [0.25, 0.3) is 11.0 Å². The molecule has 0 spiro atoms. The average Bonchev–Trinajstić information content (AvgIpc) is 2.54. The molecule has 6 nitrogen and oxygen atoms in total. The van der Waals surface area contributed by atoms with Crippen molar-refractivity contribution < 1.29 is 19.1 Å². The number of fused-ring (bicyclic) bond motifs is 1. The van der Waals surface area contributed by atoms with Gasteiger partial charge in [-0.15, -0.1) is 0 Å². The van der Waals surface area contributed by atoms with Gasteiger partial charge in [-0.1, -0.05) is 18.2 Å². The van der Waals surface area contributed by atoms with Crippen LogP contribution in [0.2, 0.25) is 0 Å². The fourth-order valence-corrected chi connectivity index (χ4v) is 2.18. The average molecular weight is 311 g/mol. The van der Waals surface area contributed by atoms with Crippen LogP contribution in [0.15, 0.2) is 57.7 Å². The molecule has 2 aromatic carbocycles. The summed E-state index contributed by atoms with van der Waals surface area (Å²) in [5, 5.41) is 12.8. The van der Waals surface area contributed by atoms with E-state index < -0.39 is 11.5 Å². The second-order valence-electron chi connectivity index (χ2n) is 4.83. The SMILES string of the molecule is COc1cc2cc(C(=O)Nc3ccccc3)c(=O)oc2cc1O. The van der Waals surface area contributed by atoms with Crippen LogP contribution in [0.1, 0.15) is 10.4 Å². The maximum atomic E-state index is 12.2. The van der Waals surface area contributed by atoms with Crippen molar-refractivity contribution in [2.24, 2.45) is 0 Å². The molecule has 0 aliphatic rings. The van der Waals surface area contributed by atoms with Gasteiger partial charge in [-0.2, -0.15) is 0 Å². The Morgan fingerprint density at radius 2 is 1.91 bits per heavy atom. The molecule has 2 N–H and O–H groups in total. The molecule has 0 aliphatic heterocycles. The minimum atomic E-state index is -0.782. The lowest BCUT2D eigenvalue weighted by atomic mass is 10.1. The topological polar surface area (TPSA) is 88.8 Å². The van der Waals surface area contributed by atoms with Crippen LogP contribution >= 0.6 is 0 Å². The van der Waals surface area contributed by atoms with Crippen molar-refractivity contribution in [1.82, 2.24) is 0 Å². The number of aromatic hydroxyl groups is 1. The van der Waals surface area contributed by atoms with Crippen molar-refractivity contribution in [1.29, 1.82) is 0 Å². The van der Waals surface area contributed by atoms with E-state index in [1.165, 1.54) is 25.3 Å². The van der Waals surface area contributed by atoms with Crippen molar-refractivity contribution in [2.45, 2.75) is 0 Å². The largest absolute Gasteiger partial charge is 0.504 e. The zero-order valence-electron chi connectivity index (χ0n) is 12.2. The van der Waals surface area contributed by atoms with Crippen molar-refractivity contribution in [3.63, 3.8) is 0 Å². The quantitative estimate of drug-likeness (QED) is 0.726. The fraction of sp³-hybridized carbons (Fsp3) is 0.0588. The number of hydrogen-bond donors (Lipinski definition) is 2. The molecule has 0 saturated heterocycles. The summed E-state index contributed by atoms with van der Waals surface area (Å²) in [5.74, 6) is -0.496. The van der Waals surface area contributed by atoms with Crippen molar-refractivity contribution in [3.8, 4) is 11.5 Å². The van der Waals surface area contributed by atoms with Crippen LogP contribution in [0.5, 0.6) is 11.5 Å². The molecule has 0 radical (unpaired) electrons. The number of methoxy groups -OCH3 is 1. The Bertz CT molecular complexity index is 931. The van der Waals surface area contributed by atoms with Crippen LogP contribution in [0.3, 0.4) is 0 Å². The highest BCUT2D eigenvalue weighted by molar-refractivity contribution is 6.05. The predicted octanol–water partition coefficient (Wildman–Crippen LogP) is 2.76. The van der Waals surface area contributed by atoms with E-state index in [1.807, 2.05) is 6.07 Å². The van der Waals surface area contributed by atoms with Crippen LogP contribution in [0, 0.1) is 0 Å². The van der Waals surface area contributed by atoms with Gasteiger partial charge in [0.2, 0.25) is 0 Å². The Labute approximate surface area is 130 Å². The summed E-state index contributed by atoms with van der Waals surface area (Å²) in [6.45, 7) is 0. The van der Waals surface area contributed by atoms with E-state index in [9.17, 15) is 14.7 Å². The molecule has 1 aromatic heterocycles. The molecule has 6 heteroatoms. The first-order valence-electron chi connectivity index (χ1n) is 6.80. The Kier molecular flexibility index (Phi) is 3.72. The molecule has 1 heterocycles.